The lowest BCUT2D eigenvalue weighted by Crippen LogP contribution is -2.47. The Hall–Kier alpha value is -0.848. The van der Waals surface area contributed by atoms with Crippen LogP contribution in [0.1, 0.15) is 26.7 Å². The minimum atomic E-state index is -2.08. The first-order valence-corrected chi connectivity index (χ1v) is 11.5. The van der Waals surface area contributed by atoms with E-state index >= 15 is 0 Å². The highest BCUT2D eigenvalue weighted by Gasteiger charge is 2.37. The van der Waals surface area contributed by atoms with Crippen molar-refractivity contribution in [2.45, 2.75) is 44.8 Å². The summed E-state index contributed by atoms with van der Waals surface area (Å²) in [7, 11) is 3.57. The molecular weight excluding hydrogens is 301 g/mol. The molecular formula is C17H30BN3OSi. The largest absolute Gasteiger partial charge is 0.432 e. The molecule has 1 aliphatic heterocycles. The molecule has 1 aromatic rings. The number of rotatable bonds is 6. The van der Waals surface area contributed by atoms with Gasteiger partial charge in [-0.05, 0) is 55.2 Å². The van der Waals surface area contributed by atoms with Crippen LogP contribution in [0.4, 0.5) is 5.69 Å². The van der Waals surface area contributed by atoms with Gasteiger partial charge in [0.05, 0.1) is 5.69 Å². The van der Waals surface area contributed by atoms with Crippen molar-refractivity contribution in [3.8, 4) is 0 Å². The van der Waals surface area contributed by atoms with E-state index in [4.69, 9.17) is 7.85 Å². The summed E-state index contributed by atoms with van der Waals surface area (Å²) in [5, 5.41) is 0.0878. The van der Waals surface area contributed by atoms with Crippen molar-refractivity contribution in [2.75, 3.05) is 37.6 Å². The number of anilines is 1. The Bertz CT molecular complexity index is 494. The average molecular weight is 331 g/mol. The van der Waals surface area contributed by atoms with Crippen LogP contribution in [0, 0.1) is 0 Å². The molecule has 126 valence electrons. The second kappa shape index (κ2) is 7.36. The van der Waals surface area contributed by atoms with Crippen molar-refractivity contribution in [2.24, 2.45) is 0 Å². The molecule has 0 unspecified atom stereocenters. The Morgan fingerprint density at radius 3 is 2.39 bits per heavy atom. The van der Waals surface area contributed by atoms with Crippen LogP contribution in [0.2, 0.25) is 18.1 Å². The lowest BCUT2D eigenvalue weighted by atomic mass is 10.0. The molecule has 6 heteroatoms. The van der Waals surface area contributed by atoms with E-state index in [1.54, 1.807) is 0 Å². The van der Waals surface area contributed by atoms with E-state index in [0.717, 1.165) is 51.3 Å². The standard InChI is InChI=1S/C17H30BN3OSi/c1-17(2,23(3,4)22)8-5-9-20-10-12-21(13-11-20)15-6-7-16(18)19-14-15/h6-7,14,22H,5,8-13H2,1-4H3. The molecule has 1 aromatic heterocycles. The highest BCUT2D eigenvalue weighted by Crippen LogP contribution is 2.39. The van der Waals surface area contributed by atoms with E-state index in [0.29, 0.717) is 5.59 Å². The summed E-state index contributed by atoms with van der Waals surface area (Å²) in [4.78, 5) is 19.4. The number of aromatic nitrogens is 1. The van der Waals surface area contributed by atoms with Crippen LogP contribution in [-0.4, -0.2) is 63.6 Å². The molecule has 0 saturated carbocycles. The number of hydrogen-bond donors (Lipinski definition) is 1. The fraction of sp³-hybridized carbons (Fsp3) is 0.706. The molecule has 1 N–H and O–H groups in total. The van der Waals surface area contributed by atoms with Gasteiger partial charge in [-0.1, -0.05) is 13.8 Å². The second-order valence-corrected chi connectivity index (χ2v) is 12.3. The first-order chi connectivity index (χ1) is 10.7. The minimum absolute atomic E-state index is 0.0878. The number of piperazine rings is 1. The maximum absolute atomic E-state index is 10.4. The van der Waals surface area contributed by atoms with Crippen molar-refractivity contribution in [1.29, 1.82) is 0 Å². The monoisotopic (exact) mass is 331 g/mol. The molecule has 2 rings (SSSR count). The molecule has 0 atom stereocenters. The van der Waals surface area contributed by atoms with E-state index in [-0.39, 0.29) is 5.04 Å². The number of pyridine rings is 1. The molecule has 1 aliphatic rings. The van der Waals surface area contributed by atoms with Crippen molar-refractivity contribution < 1.29 is 4.80 Å². The third kappa shape index (κ3) is 5.06. The Morgan fingerprint density at radius 2 is 1.87 bits per heavy atom. The number of nitrogens with zero attached hydrogens (tertiary/aromatic N) is 3. The van der Waals surface area contributed by atoms with Crippen LogP contribution in [0.15, 0.2) is 18.3 Å². The lowest BCUT2D eigenvalue weighted by Gasteiger charge is -2.38. The second-order valence-electron chi connectivity index (χ2n) is 7.82. The maximum atomic E-state index is 10.4. The molecule has 0 bridgehead atoms. The minimum Gasteiger partial charge on any atom is -0.432 e. The van der Waals surface area contributed by atoms with Gasteiger partial charge in [0.2, 0.25) is 0 Å². The van der Waals surface area contributed by atoms with Crippen LogP contribution in [0.5, 0.6) is 0 Å². The van der Waals surface area contributed by atoms with Crippen LogP contribution >= 0.6 is 0 Å². The first-order valence-electron chi connectivity index (χ1n) is 8.60. The maximum Gasteiger partial charge on any atom is 0.188 e. The zero-order chi connectivity index (χ0) is 17.1. The highest BCUT2D eigenvalue weighted by atomic mass is 28.4. The molecule has 0 aliphatic carbocycles. The summed E-state index contributed by atoms with van der Waals surface area (Å²) in [5.74, 6) is 0. The van der Waals surface area contributed by atoms with Gasteiger partial charge >= 0.3 is 0 Å². The van der Waals surface area contributed by atoms with E-state index < -0.39 is 8.32 Å². The van der Waals surface area contributed by atoms with Crippen molar-refractivity contribution in [1.82, 2.24) is 9.88 Å². The predicted octanol–water partition coefficient (Wildman–Crippen LogP) is 1.76. The fourth-order valence-corrected chi connectivity index (χ4v) is 3.65. The third-order valence-electron chi connectivity index (χ3n) is 5.44. The van der Waals surface area contributed by atoms with Gasteiger partial charge in [-0.15, -0.1) is 0 Å². The molecule has 1 saturated heterocycles. The van der Waals surface area contributed by atoms with Crippen LogP contribution in [0.3, 0.4) is 0 Å². The molecule has 23 heavy (non-hydrogen) atoms. The van der Waals surface area contributed by atoms with E-state index in [9.17, 15) is 4.80 Å². The van der Waals surface area contributed by atoms with Crippen LogP contribution in [0.25, 0.3) is 0 Å². The average Bonchev–Trinajstić information content (AvgIpc) is 2.47. The fourth-order valence-electron chi connectivity index (χ4n) is 2.86. The predicted molar refractivity (Wildman–Crippen MR) is 101 cm³/mol. The molecule has 0 aromatic carbocycles. The topological polar surface area (TPSA) is 39.6 Å². The van der Waals surface area contributed by atoms with Crippen LogP contribution in [-0.2, 0) is 0 Å². The van der Waals surface area contributed by atoms with Gasteiger partial charge in [0.15, 0.2) is 8.32 Å². The lowest BCUT2D eigenvalue weighted by molar-refractivity contribution is 0.247. The smallest absolute Gasteiger partial charge is 0.188 e. The highest BCUT2D eigenvalue weighted by molar-refractivity contribution is 6.72. The zero-order valence-corrected chi connectivity index (χ0v) is 16.0. The third-order valence-corrected chi connectivity index (χ3v) is 9.00. The van der Waals surface area contributed by atoms with E-state index in [2.05, 4.69) is 34.7 Å². The van der Waals surface area contributed by atoms with Crippen LogP contribution < -0.4 is 10.5 Å². The molecule has 4 nitrogen and oxygen atoms in total. The number of hydrogen-bond acceptors (Lipinski definition) is 4. The quantitative estimate of drug-likeness (QED) is 0.807. The van der Waals surface area contributed by atoms with Gasteiger partial charge in [-0.3, -0.25) is 9.88 Å². The molecule has 1 fully saturated rings. The Labute approximate surface area is 143 Å². The van der Waals surface area contributed by atoms with Gasteiger partial charge in [0.1, 0.15) is 7.85 Å². The Morgan fingerprint density at radius 1 is 1.22 bits per heavy atom. The Balaban J connectivity index is 1.74. The normalized spacial score (nSPS) is 17.5. The summed E-state index contributed by atoms with van der Waals surface area (Å²) in [6.45, 7) is 13.9. The zero-order valence-electron chi connectivity index (χ0n) is 15.0. The van der Waals surface area contributed by atoms with Crippen molar-refractivity contribution >= 4 is 27.4 Å². The van der Waals surface area contributed by atoms with Crippen molar-refractivity contribution in [3.05, 3.63) is 18.3 Å². The van der Waals surface area contributed by atoms with Crippen molar-refractivity contribution in [3.63, 3.8) is 0 Å². The summed E-state index contributed by atoms with van der Waals surface area (Å²) < 4.78 is 0. The summed E-state index contributed by atoms with van der Waals surface area (Å²) in [6.07, 6.45) is 4.12. The Kier molecular flexibility index (Phi) is 5.92. The molecule has 0 spiro atoms. The summed E-state index contributed by atoms with van der Waals surface area (Å²) in [6, 6.07) is 3.92. The van der Waals surface area contributed by atoms with E-state index in [1.807, 2.05) is 25.4 Å². The SMILES string of the molecule is [B]c1ccc(N2CCN(CCCC(C)(C)[Si](C)(C)O)CC2)cn1. The van der Waals surface area contributed by atoms with Gasteiger partial charge < -0.3 is 9.70 Å². The van der Waals surface area contributed by atoms with Gasteiger partial charge in [0, 0.05) is 32.4 Å². The molecule has 0 amide bonds. The molecule has 2 heterocycles. The first kappa shape index (κ1) is 18.5. The van der Waals surface area contributed by atoms with Gasteiger partial charge in [-0.25, -0.2) is 0 Å². The molecule has 2 radical (unpaired) electrons. The summed E-state index contributed by atoms with van der Waals surface area (Å²) >= 11 is 0. The van der Waals surface area contributed by atoms with E-state index in [1.165, 1.54) is 0 Å². The van der Waals surface area contributed by atoms with Gasteiger partial charge in [-0.2, -0.15) is 0 Å². The summed E-state index contributed by atoms with van der Waals surface area (Å²) in [5.41, 5.74) is 1.73. The van der Waals surface area contributed by atoms with Gasteiger partial charge in [0.25, 0.3) is 0 Å².